The highest BCUT2D eigenvalue weighted by atomic mass is 19.1. The van der Waals surface area contributed by atoms with E-state index in [-0.39, 0.29) is 49.1 Å². The van der Waals surface area contributed by atoms with Crippen LogP contribution >= 0.6 is 0 Å². The summed E-state index contributed by atoms with van der Waals surface area (Å²) in [4.78, 5) is 24.2. The summed E-state index contributed by atoms with van der Waals surface area (Å²) in [5.74, 6) is -5.66. The van der Waals surface area contributed by atoms with Crippen molar-refractivity contribution in [1.82, 2.24) is 0 Å². The maximum Gasteiger partial charge on any atom is 0.338 e. The molecule has 3 rings (SSSR count). The van der Waals surface area contributed by atoms with Gasteiger partial charge in [-0.2, -0.15) is 10.5 Å². The zero-order valence-corrected chi connectivity index (χ0v) is 21.4. The number of hydrogen-bond acceptors (Lipinski definition) is 10. The van der Waals surface area contributed by atoms with E-state index in [9.17, 15) is 20.1 Å². The van der Waals surface area contributed by atoms with Crippen LogP contribution in [0.1, 0.15) is 31.8 Å². The second-order valence-electron chi connectivity index (χ2n) is 7.77. The summed E-state index contributed by atoms with van der Waals surface area (Å²) < 4.78 is 61.4. The Morgan fingerprint density at radius 1 is 0.650 bits per heavy atom. The Balaban J connectivity index is 1.92. The molecular formula is C28H22F2N2O8. The van der Waals surface area contributed by atoms with E-state index in [1.807, 2.05) is 0 Å². The second-order valence-corrected chi connectivity index (χ2v) is 7.77. The van der Waals surface area contributed by atoms with Crippen LogP contribution < -0.4 is 9.47 Å². The Morgan fingerprint density at radius 2 is 1.00 bits per heavy atom. The van der Waals surface area contributed by atoms with Gasteiger partial charge in [0.1, 0.15) is 48.0 Å². The third-order valence-corrected chi connectivity index (χ3v) is 5.18. The monoisotopic (exact) mass is 552 g/mol. The van der Waals surface area contributed by atoms with E-state index in [1.165, 1.54) is 74.9 Å². The standard InChI is InChI=1S/C28H22F2N2O8/c1-35-11-13-37-27(33)17-3-7-19(8-4-17)39-25-23(29)21(15-31)22(16-32)24(30)26(25)40-20-9-5-18(6-10-20)28(34)38-14-12-36-2/h3-10H,11-14H2,1-2H3. The van der Waals surface area contributed by atoms with Crippen LogP contribution in [-0.4, -0.2) is 52.6 Å². The number of nitriles is 2. The number of carbonyl (C=O) groups excluding carboxylic acids is 2. The smallest absolute Gasteiger partial charge is 0.338 e. The average Bonchev–Trinajstić information content (AvgIpc) is 2.97. The van der Waals surface area contributed by atoms with E-state index in [2.05, 4.69) is 0 Å². The number of nitrogens with zero attached hydrogens (tertiary/aromatic N) is 2. The quantitative estimate of drug-likeness (QED) is 0.225. The van der Waals surface area contributed by atoms with E-state index in [0.29, 0.717) is 0 Å². The van der Waals surface area contributed by atoms with Crippen molar-refractivity contribution in [2.24, 2.45) is 0 Å². The Labute approximate surface area is 227 Å². The number of esters is 2. The van der Waals surface area contributed by atoms with Crippen LogP contribution in [0, 0.1) is 34.3 Å². The first-order valence-electron chi connectivity index (χ1n) is 11.6. The number of hydrogen-bond donors (Lipinski definition) is 0. The van der Waals surface area contributed by atoms with Gasteiger partial charge in [-0.15, -0.1) is 0 Å². The molecule has 0 heterocycles. The zero-order chi connectivity index (χ0) is 29.1. The minimum Gasteiger partial charge on any atom is -0.460 e. The van der Waals surface area contributed by atoms with Gasteiger partial charge in [-0.25, -0.2) is 18.4 Å². The molecule has 0 bridgehead atoms. The van der Waals surface area contributed by atoms with Crippen molar-refractivity contribution < 1.29 is 46.8 Å². The summed E-state index contributed by atoms with van der Waals surface area (Å²) >= 11 is 0. The molecular weight excluding hydrogens is 530 g/mol. The van der Waals surface area contributed by atoms with Gasteiger partial charge in [0, 0.05) is 14.2 Å². The lowest BCUT2D eigenvalue weighted by Gasteiger charge is -2.16. The predicted molar refractivity (Wildman–Crippen MR) is 133 cm³/mol. The Bertz CT molecular complexity index is 1340. The highest BCUT2D eigenvalue weighted by Gasteiger charge is 2.29. The van der Waals surface area contributed by atoms with Crippen molar-refractivity contribution in [3.63, 3.8) is 0 Å². The molecule has 0 amide bonds. The van der Waals surface area contributed by atoms with Gasteiger partial charge in [-0.05, 0) is 48.5 Å². The molecule has 3 aromatic carbocycles. The summed E-state index contributed by atoms with van der Waals surface area (Å²) in [6.07, 6.45) is 0. The molecule has 0 radical (unpaired) electrons. The van der Waals surface area contributed by atoms with Gasteiger partial charge in [0.2, 0.25) is 11.5 Å². The minimum absolute atomic E-state index is 0.0386. The average molecular weight is 552 g/mol. The third-order valence-electron chi connectivity index (χ3n) is 5.18. The van der Waals surface area contributed by atoms with Crippen LogP contribution in [0.5, 0.6) is 23.0 Å². The molecule has 0 fully saturated rings. The Hall–Kier alpha value is -5.04. The third kappa shape index (κ3) is 7.08. The normalized spacial score (nSPS) is 10.2. The fraction of sp³-hybridized carbons (Fsp3) is 0.214. The summed E-state index contributed by atoms with van der Waals surface area (Å²) in [6, 6.07) is 13.4. The lowest BCUT2D eigenvalue weighted by atomic mass is 10.1. The van der Waals surface area contributed by atoms with E-state index in [0.717, 1.165) is 0 Å². The molecule has 0 aromatic heterocycles. The van der Waals surface area contributed by atoms with Gasteiger partial charge in [0.15, 0.2) is 11.6 Å². The Morgan fingerprint density at radius 3 is 1.30 bits per heavy atom. The molecule has 10 nitrogen and oxygen atoms in total. The van der Waals surface area contributed by atoms with Crippen LogP contribution in [0.25, 0.3) is 0 Å². The van der Waals surface area contributed by atoms with Crippen LogP contribution in [0.15, 0.2) is 48.5 Å². The van der Waals surface area contributed by atoms with Crippen molar-refractivity contribution in [3.8, 4) is 35.1 Å². The van der Waals surface area contributed by atoms with Gasteiger partial charge in [0.25, 0.3) is 0 Å². The minimum atomic E-state index is -1.34. The fourth-order valence-corrected chi connectivity index (χ4v) is 3.19. The molecule has 0 aliphatic carbocycles. The highest BCUT2D eigenvalue weighted by molar-refractivity contribution is 5.90. The van der Waals surface area contributed by atoms with Crippen molar-refractivity contribution in [3.05, 3.63) is 82.4 Å². The summed E-state index contributed by atoms with van der Waals surface area (Å²) in [7, 11) is 2.91. The number of halogens is 2. The maximum absolute atomic E-state index is 15.3. The molecule has 206 valence electrons. The Kier molecular flexibility index (Phi) is 10.5. The van der Waals surface area contributed by atoms with Gasteiger partial charge in [-0.1, -0.05) is 0 Å². The zero-order valence-electron chi connectivity index (χ0n) is 21.4. The molecule has 0 saturated heterocycles. The predicted octanol–water partition coefficient (Wildman–Crippen LogP) is 4.90. The van der Waals surface area contributed by atoms with Crippen molar-refractivity contribution in [2.75, 3.05) is 40.6 Å². The van der Waals surface area contributed by atoms with Crippen LogP contribution in [0.3, 0.4) is 0 Å². The lowest BCUT2D eigenvalue weighted by molar-refractivity contribution is 0.0381. The van der Waals surface area contributed by atoms with E-state index in [4.69, 9.17) is 28.4 Å². The number of methoxy groups -OCH3 is 2. The van der Waals surface area contributed by atoms with Crippen molar-refractivity contribution >= 4 is 11.9 Å². The maximum atomic E-state index is 15.3. The highest BCUT2D eigenvalue weighted by Crippen LogP contribution is 2.42. The molecule has 0 aliphatic heterocycles. The van der Waals surface area contributed by atoms with E-state index >= 15 is 8.78 Å². The first-order valence-corrected chi connectivity index (χ1v) is 11.6. The fourth-order valence-electron chi connectivity index (χ4n) is 3.19. The van der Waals surface area contributed by atoms with Crippen LogP contribution in [0.2, 0.25) is 0 Å². The van der Waals surface area contributed by atoms with Gasteiger partial charge >= 0.3 is 11.9 Å². The second kappa shape index (κ2) is 14.2. The lowest BCUT2D eigenvalue weighted by Crippen LogP contribution is -2.10. The van der Waals surface area contributed by atoms with Crippen molar-refractivity contribution in [1.29, 1.82) is 10.5 Å². The van der Waals surface area contributed by atoms with E-state index < -0.39 is 46.2 Å². The van der Waals surface area contributed by atoms with Gasteiger partial charge in [-0.3, -0.25) is 0 Å². The number of ether oxygens (including phenoxy) is 6. The largest absolute Gasteiger partial charge is 0.460 e. The molecule has 0 spiro atoms. The summed E-state index contributed by atoms with van der Waals surface area (Å²) in [5.41, 5.74) is -1.44. The molecule has 0 unspecified atom stereocenters. The molecule has 3 aromatic rings. The molecule has 0 saturated carbocycles. The SMILES string of the molecule is COCCOC(=O)c1ccc(Oc2c(F)c(C#N)c(C#N)c(F)c2Oc2ccc(C(=O)OCCOC)cc2)cc1. The van der Waals surface area contributed by atoms with Crippen LogP contribution in [-0.2, 0) is 18.9 Å². The topological polar surface area (TPSA) is 137 Å². The molecule has 40 heavy (non-hydrogen) atoms. The summed E-state index contributed by atoms with van der Waals surface area (Å²) in [5, 5.41) is 18.7. The summed E-state index contributed by atoms with van der Waals surface area (Å²) in [6.45, 7) is 0.497. The number of benzene rings is 3. The first-order chi connectivity index (χ1) is 19.3. The molecule has 0 atom stereocenters. The first kappa shape index (κ1) is 29.5. The molecule has 0 aliphatic rings. The molecule has 12 heteroatoms. The van der Waals surface area contributed by atoms with E-state index in [1.54, 1.807) is 0 Å². The van der Waals surface area contributed by atoms with Crippen LogP contribution in [0.4, 0.5) is 8.78 Å². The van der Waals surface area contributed by atoms with Gasteiger partial charge in [0.05, 0.1) is 24.3 Å². The van der Waals surface area contributed by atoms with Crippen molar-refractivity contribution in [2.45, 2.75) is 0 Å². The van der Waals surface area contributed by atoms with Gasteiger partial charge < -0.3 is 28.4 Å². The number of carbonyl (C=O) groups is 2. The molecule has 0 N–H and O–H groups in total. The number of rotatable bonds is 12.